The number of hydrogen-bond donors (Lipinski definition) is 1. The zero-order valence-corrected chi connectivity index (χ0v) is 16.3. The number of carbonyl (C=O) groups is 1. The molecule has 3 aromatic rings. The summed E-state index contributed by atoms with van der Waals surface area (Å²) in [5.74, 6) is -0.224. The molecule has 0 aliphatic heterocycles. The average molecular weight is 411 g/mol. The van der Waals surface area contributed by atoms with E-state index in [4.69, 9.17) is 16.9 Å². The molecule has 0 bridgehead atoms. The molecule has 3 rings (SSSR count). The minimum Gasteiger partial charge on any atom is -0.325 e. The smallest absolute Gasteiger partial charge is 0.262 e. The third kappa shape index (κ3) is 4.42. The molecule has 1 heterocycles. The van der Waals surface area contributed by atoms with Gasteiger partial charge in [0.1, 0.15) is 0 Å². The van der Waals surface area contributed by atoms with Crippen molar-refractivity contribution in [1.82, 2.24) is 9.55 Å². The van der Waals surface area contributed by atoms with Gasteiger partial charge in [0.05, 0.1) is 28.3 Å². The number of carbonyl (C=O) groups excluding carboxylic acids is 1. The Morgan fingerprint density at radius 3 is 2.93 bits per heavy atom. The molecular formula is C20H15ClN4O2S. The quantitative estimate of drug-likeness (QED) is 0.379. The van der Waals surface area contributed by atoms with Gasteiger partial charge in [-0.25, -0.2) is 4.98 Å². The van der Waals surface area contributed by atoms with Crippen molar-refractivity contribution in [1.29, 1.82) is 5.26 Å². The Hall–Kier alpha value is -3.08. The van der Waals surface area contributed by atoms with Gasteiger partial charge in [-0.05, 0) is 36.4 Å². The fourth-order valence-electron chi connectivity index (χ4n) is 2.57. The number of halogens is 1. The Morgan fingerprint density at radius 2 is 2.18 bits per heavy atom. The second kappa shape index (κ2) is 8.74. The molecule has 140 valence electrons. The second-order valence-electron chi connectivity index (χ2n) is 5.79. The maximum Gasteiger partial charge on any atom is 0.262 e. The molecule has 1 aromatic heterocycles. The van der Waals surface area contributed by atoms with E-state index in [9.17, 15) is 9.59 Å². The van der Waals surface area contributed by atoms with Crippen molar-refractivity contribution in [2.75, 3.05) is 11.1 Å². The summed E-state index contributed by atoms with van der Waals surface area (Å²) in [5, 5.41) is 13.0. The predicted molar refractivity (Wildman–Crippen MR) is 112 cm³/mol. The summed E-state index contributed by atoms with van der Waals surface area (Å²) in [5.41, 5.74) is 1.25. The van der Waals surface area contributed by atoms with Crippen LogP contribution in [-0.4, -0.2) is 21.2 Å². The van der Waals surface area contributed by atoms with Crippen LogP contribution in [0.1, 0.15) is 5.56 Å². The number of nitrogens with zero attached hydrogens (tertiary/aromatic N) is 3. The van der Waals surface area contributed by atoms with Crippen LogP contribution in [0.15, 0.2) is 65.1 Å². The number of rotatable bonds is 6. The third-order valence-corrected chi connectivity index (χ3v) is 5.01. The van der Waals surface area contributed by atoms with Crippen molar-refractivity contribution in [3.05, 3.63) is 76.1 Å². The van der Waals surface area contributed by atoms with E-state index in [0.717, 1.165) is 11.8 Å². The van der Waals surface area contributed by atoms with Crippen molar-refractivity contribution < 1.29 is 4.79 Å². The fraction of sp³-hybridized carbons (Fsp3) is 0.100. The van der Waals surface area contributed by atoms with Gasteiger partial charge >= 0.3 is 0 Å². The first-order chi connectivity index (χ1) is 13.5. The largest absolute Gasteiger partial charge is 0.325 e. The van der Waals surface area contributed by atoms with E-state index in [1.165, 1.54) is 4.57 Å². The second-order valence-corrected chi connectivity index (χ2v) is 7.17. The number of fused-ring (bicyclic) bond motifs is 1. The van der Waals surface area contributed by atoms with E-state index in [2.05, 4.69) is 16.9 Å². The lowest BCUT2D eigenvalue weighted by molar-refractivity contribution is -0.113. The first-order valence-corrected chi connectivity index (χ1v) is 9.62. The number of hydrogen-bond acceptors (Lipinski definition) is 5. The Kier molecular flexibility index (Phi) is 6.14. The van der Waals surface area contributed by atoms with Gasteiger partial charge in [-0.1, -0.05) is 35.5 Å². The normalized spacial score (nSPS) is 10.4. The number of allylic oxidation sites excluding steroid dienone is 1. The predicted octanol–water partition coefficient (Wildman–Crippen LogP) is 3.84. The molecule has 0 saturated carbocycles. The number of benzene rings is 2. The number of nitrogens with one attached hydrogen (secondary N) is 1. The average Bonchev–Trinajstić information content (AvgIpc) is 2.68. The number of nitriles is 1. The highest BCUT2D eigenvalue weighted by Crippen LogP contribution is 2.21. The number of anilines is 1. The summed E-state index contributed by atoms with van der Waals surface area (Å²) in [7, 11) is 0. The number of thioether (sulfide) groups is 1. The van der Waals surface area contributed by atoms with Crippen LogP contribution in [0.3, 0.4) is 0 Å². The van der Waals surface area contributed by atoms with Gasteiger partial charge in [0.25, 0.3) is 5.56 Å². The maximum absolute atomic E-state index is 12.7. The fourth-order valence-corrected chi connectivity index (χ4v) is 3.54. The monoisotopic (exact) mass is 410 g/mol. The molecule has 1 amide bonds. The highest BCUT2D eigenvalue weighted by molar-refractivity contribution is 7.99. The highest BCUT2D eigenvalue weighted by Gasteiger charge is 2.13. The minimum atomic E-state index is -0.273. The van der Waals surface area contributed by atoms with E-state index in [1.54, 1.807) is 48.5 Å². The van der Waals surface area contributed by atoms with Crippen LogP contribution in [0.2, 0.25) is 5.02 Å². The van der Waals surface area contributed by atoms with Gasteiger partial charge in [0.15, 0.2) is 5.16 Å². The Balaban J connectivity index is 1.83. The van der Waals surface area contributed by atoms with Gasteiger partial charge in [-0.3, -0.25) is 14.2 Å². The molecule has 0 fully saturated rings. The van der Waals surface area contributed by atoms with Crippen molar-refractivity contribution in [2.24, 2.45) is 0 Å². The zero-order valence-electron chi connectivity index (χ0n) is 14.7. The zero-order chi connectivity index (χ0) is 20.1. The lowest BCUT2D eigenvalue weighted by Gasteiger charge is -2.11. The van der Waals surface area contributed by atoms with Crippen LogP contribution >= 0.6 is 23.4 Å². The van der Waals surface area contributed by atoms with Gasteiger partial charge in [0.2, 0.25) is 5.91 Å². The van der Waals surface area contributed by atoms with Crippen LogP contribution in [0.25, 0.3) is 10.9 Å². The Bertz CT molecular complexity index is 1170. The topological polar surface area (TPSA) is 87.8 Å². The van der Waals surface area contributed by atoms with E-state index < -0.39 is 0 Å². The molecule has 0 aliphatic carbocycles. The van der Waals surface area contributed by atoms with Crippen molar-refractivity contribution in [3.8, 4) is 6.07 Å². The standard InChI is InChI=1S/C20H15ClN4O2S/c1-2-8-25-19(27)16-7-6-14(21)10-17(16)24-20(25)28-12-18(26)23-15-5-3-4-13(9-15)11-22/h2-7,9-10H,1,8,12H2,(H,23,26). The van der Waals surface area contributed by atoms with Crippen molar-refractivity contribution in [3.63, 3.8) is 0 Å². The lowest BCUT2D eigenvalue weighted by atomic mass is 10.2. The van der Waals surface area contributed by atoms with Crippen LogP contribution in [-0.2, 0) is 11.3 Å². The highest BCUT2D eigenvalue weighted by atomic mass is 35.5. The van der Waals surface area contributed by atoms with Crippen molar-refractivity contribution >= 4 is 45.9 Å². The third-order valence-electron chi connectivity index (χ3n) is 3.80. The summed E-state index contributed by atoms with van der Waals surface area (Å²) in [6.07, 6.45) is 1.60. The summed E-state index contributed by atoms with van der Waals surface area (Å²) < 4.78 is 1.47. The molecule has 0 atom stereocenters. The lowest BCUT2D eigenvalue weighted by Crippen LogP contribution is -2.23. The summed E-state index contributed by atoms with van der Waals surface area (Å²) >= 11 is 7.15. The molecule has 6 nitrogen and oxygen atoms in total. The summed E-state index contributed by atoms with van der Waals surface area (Å²) in [6.45, 7) is 3.95. The SMILES string of the molecule is C=CCn1c(SCC(=O)Nc2cccc(C#N)c2)nc2cc(Cl)ccc2c1=O. The number of aromatic nitrogens is 2. The maximum atomic E-state index is 12.7. The molecule has 0 spiro atoms. The van der Waals surface area contributed by atoms with E-state index in [1.807, 2.05) is 6.07 Å². The Labute approximate surface area is 170 Å². The molecular weight excluding hydrogens is 396 g/mol. The Morgan fingerprint density at radius 1 is 1.36 bits per heavy atom. The van der Waals surface area contributed by atoms with Crippen molar-refractivity contribution in [2.45, 2.75) is 11.7 Å². The first kappa shape index (κ1) is 19.7. The van der Waals surface area contributed by atoms with Crippen LogP contribution in [0, 0.1) is 11.3 Å². The molecule has 0 unspecified atom stereocenters. The molecule has 8 heteroatoms. The molecule has 0 saturated heterocycles. The minimum absolute atomic E-state index is 0.0481. The van der Waals surface area contributed by atoms with Crippen LogP contribution in [0.5, 0.6) is 0 Å². The van der Waals surface area contributed by atoms with Crippen LogP contribution in [0.4, 0.5) is 5.69 Å². The summed E-state index contributed by atoms with van der Waals surface area (Å²) in [4.78, 5) is 29.5. The van der Waals surface area contributed by atoms with Gasteiger partial charge in [-0.15, -0.1) is 6.58 Å². The molecule has 1 N–H and O–H groups in total. The number of amides is 1. The molecule has 0 radical (unpaired) electrons. The van der Waals surface area contributed by atoms with E-state index >= 15 is 0 Å². The summed E-state index contributed by atoms with van der Waals surface area (Å²) in [6, 6.07) is 13.6. The molecule has 28 heavy (non-hydrogen) atoms. The van der Waals surface area contributed by atoms with E-state index in [0.29, 0.717) is 32.3 Å². The van der Waals surface area contributed by atoms with Gasteiger partial charge < -0.3 is 5.32 Å². The molecule has 2 aromatic carbocycles. The first-order valence-electron chi connectivity index (χ1n) is 8.25. The van der Waals surface area contributed by atoms with Crippen LogP contribution < -0.4 is 10.9 Å². The van der Waals surface area contributed by atoms with Gasteiger partial charge in [-0.2, -0.15) is 5.26 Å². The van der Waals surface area contributed by atoms with Gasteiger partial charge in [0, 0.05) is 17.3 Å². The van der Waals surface area contributed by atoms with E-state index in [-0.39, 0.29) is 23.8 Å². The molecule has 0 aliphatic rings.